The summed E-state index contributed by atoms with van der Waals surface area (Å²) in [5.41, 5.74) is 1.19. The molecule has 0 saturated carbocycles. The molecular formula is C12H9Cl2NO2. The number of aromatic carboxylic acids is 1. The monoisotopic (exact) mass is 269 g/mol. The molecule has 0 radical (unpaired) electrons. The van der Waals surface area contributed by atoms with Gasteiger partial charge in [-0.15, -0.1) is 0 Å². The zero-order chi connectivity index (χ0) is 12.4. The summed E-state index contributed by atoms with van der Waals surface area (Å²) in [5.74, 6) is -0.937. The van der Waals surface area contributed by atoms with Gasteiger partial charge in [-0.2, -0.15) is 0 Å². The highest BCUT2D eigenvalue weighted by Crippen LogP contribution is 2.20. The number of benzene rings is 1. The lowest BCUT2D eigenvalue weighted by atomic mass is 10.2. The lowest BCUT2D eigenvalue weighted by Gasteiger charge is -2.04. The van der Waals surface area contributed by atoms with Crippen LogP contribution >= 0.6 is 23.2 Å². The molecule has 0 aliphatic rings. The van der Waals surface area contributed by atoms with Gasteiger partial charge < -0.3 is 9.67 Å². The van der Waals surface area contributed by atoms with Crippen molar-refractivity contribution in [3.8, 4) is 0 Å². The minimum atomic E-state index is -0.937. The normalized spacial score (nSPS) is 10.5. The van der Waals surface area contributed by atoms with E-state index >= 15 is 0 Å². The van der Waals surface area contributed by atoms with Crippen LogP contribution in [0.25, 0.3) is 0 Å². The number of carboxylic acids is 1. The first kappa shape index (κ1) is 12.0. The minimum Gasteiger partial charge on any atom is -0.478 e. The molecule has 1 heterocycles. The molecule has 88 valence electrons. The van der Waals surface area contributed by atoms with Crippen molar-refractivity contribution in [2.45, 2.75) is 6.54 Å². The Morgan fingerprint density at radius 3 is 2.41 bits per heavy atom. The Morgan fingerprint density at radius 2 is 1.88 bits per heavy atom. The van der Waals surface area contributed by atoms with E-state index in [0.29, 0.717) is 16.6 Å². The van der Waals surface area contributed by atoms with Crippen molar-refractivity contribution in [1.82, 2.24) is 4.57 Å². The zero-order valence-electron chi connectivity index (χ0n) is 8.73. The highest BCUT2D eigenvalue weighted by molar-refractivity contribution is 6.34. The fourth-order valence-electron chi connectivity index (χ4n) is 1.58. The van der Waals surface area contributed by atoms with Gasteiger partial charge in [-0.05, 0) is 29.8 Å². The van der Waals surface area contributed by atoms with Gasteiger partial charge in [0.05, 0.1) is 5.56 Å². The minimum absolute atomic E-state index is 0.262. The van der Waals surface area contributed by atoms with Gasteiger partial charge in [-0.1, -0.05) is 23.2 Å². The van der Waals surface area contributed by atoms with Gasteiger partial charge >= 0.3 is 5.97 Å². The van der Waals surface area contributed by atoms with Crippen LogP contribution in [0.4, 0.5) is 0 Å². The molecule has 3 nitrogen and oxygen atoms in total. The SMILES string of the molecule is O=C(O)c1ccn(Cc2cc(Cl)cc(Cl)c2)c1. The van der Waals surface area contributed by atoms with Crippen LogP contribution in [-0.4, -0.2) is 15.6 Å². The molecule has 0 atom stereocenters. The van der Waals surface area contributed by atoms with Crippen molar-refractivity contribution in [3.05, 3.63) is 57.8 Å². The van der Waals surface area contributed by atoms with Gasteiger partial charge in [0.25, 0.3) is 0 Å². The quantitative estimate of drug-likeness (QED) is 0.926. The maximum absolute atomic E-state index is 10.7. The molecule has 2 aromatic rings. The lowest BCUT2D eigenvalue weighted by Crippen LogP contribution is -1.98. The predicted octanol–water partition coefficient (Wildman–Crippen LogP) is 3.54. The van der Waals surface area contributed by atoms with Crippen LogP contribution in [0.15, 0.2) is 36.7 Å². The molecule has 17 heavy (non-hydrogen) atoms. The van der Waals surface area contributed by atoms with Crippen LogP contribution in [0.3, 0.4) is 0 Å². The third-order valence-corrected chi connectivity index (χ3v) is 2.72. The number of aromatic nitrogens is 1. The van der Waals surface area contributed by atoms with Crippen LogP contribution in [0, 0.1) is 0 Å². The second kappa shape index (κ2) is 4.82. The maximum Gasteiger partial charge on any atom is 0.337 e. The number of carboxylic acid groups (broad SMARTS) is 1. The molecule has 2 rings (SSSR count). The molecule has 5 heteroatoms. The van der Waals surface area contributed by atoms with Crippen LogP contribution in [-0.2, 0) is 6.54 Å². The Bertz CT molecular complexity index is 543. The third kappa shape index (κ3) is 3.02. The van der Waals surface area contributed by atoms with Crippen LogP contribution in [0.5, 0.6) is 0 Å². The topological polar surface area (TPSA) is 42.2 Å². The van der Waals surface area contributed by atoms with Crippen molar-refractivity contribution in [2.24, 2.45) is 0 Å². The second-order valence-electron chi connectivity index (χ2n) is 3.66. The molecule has 0 bridgehead atoms. The largest absolute Gasteiger partial charge is 0.478 e. The summed E-state index contributed by atoms with van der Waals surface area (Å²) in [6, 6.07) is 6.81. The van der Waals surface area contributed by atoms with E-state index in [0.717, 1.165) is 5.56 Å². The van der Waals surface area contributed by atoms with Gasteiger partial charge in [-0.3, -0.25) is 0 Å². The van der Waals surface area contributed by atoms with Gasteiger partial charge in [0.2, 0.25) is 0 Å². The Morgan fingerprint density at radius 1 is 1.24 bits per heavy atom. The maximum atomic E-state index is 10.7. The van der Waals surface area contributed by atoms with E-state index < -0.39 is 5.97 Å². The number of rotatable bonds is 3. The molecule has 1 aromatic carbocycles. The summed E-state index contributed by atoms with van der Waals surface area (Å²) in [6.45, 7) is 0.535. The molecule has 0 unspecified atom stereocenters. The lowest BCUT2D eigenvalue weighted by molar-refractivity contribution is 0.0697. The third-order valence-electron chi connectivity index (χ3n) is 2.28. The molecule has 1 aromatic heterocycles. The average Bonchev–Trinajstić information content (AvgIpc) is 2.64. The highest BCUT2D eigenvalue weighted by Gasteiger charge is 2.05. The first-order valence-corrected chi connectivity index (χ1v) is 5.64. The molecule has 0 fully saturated rings. The summed E-state index contributed by atoms with van der Waals surface area (Å²) in [5, 5.41) is 9.93. The Hall–Kier alpha value is -1.45. The average molecular weight is 270 g/mol. The van der Waals surface area contributed by atoms with Crippen molar-refractivity contribution in [2.75, 3.05) is 0 Å². The van der Waals surface area contributed by atoms with Crippen LogP contribution in [0.1, 0.15) is 15.9 Å². The van der Waals surface area contributed by atoms with E-state index in [9.17, 15) is 4.79 Å². The van der Waals surface area contributed by atoms with E-state index in [4.69, 9.17) is 28.3 Å². The van der Waals surface area contributed by atoms with Gasteiger partial charge in [0.15, 0.2) is 0 Å². The first-order valence-electron chi connectivity index (χ1n) is 4.88. The van der Waals surface area contributed by atoms with E-state index in [2.05, 4.69) is 0 Å². The van der Waals surface area contributed by atoms with E-state index in [1.807, 2.05) is 0 Å². The van der Waals surface area contributed by atoms with Crippen molar-refractivity contribution in [3.63, 3.8) is 0 Å². The second-order valence-corrected chi connectivity index (χ2v) is 4.53. The number of hydrogen-bond donors (Lipinski definition) is 1. The summed E-state index contributed by atoms with van der Waals surface area (Å²) >= 11 is 11.8. The molecule has 0 aliphatic heterocycles. The molecule has 0 aliphatic carbocycles. The summed E-state index contributed by atoms with van der Waals surface area (Å²) < 4.78 is 1.77. The highest BCUT2D eigenvalue weighted by atomic mass is 35.5. The van der Waals surface area contributed by atoms with Gasteiger partial charge in [0, 0.05) is 29.0 Å². The Kier molecular flexibility index (Phi) is 3.41. The Labute approximate surface area is 108 Å². The summed E-state index contributed by atoms with van der Waals surface area (Å²) in [7, 11) is 0. The van der Waals surface area contributed by atoms with E-state index in [1.165, 1.54) is 0 Å². The van der Waals surface area contributed by atoms with E-state index in [1.54, 1.807) is 41.2 Å². The summed E-state index contributed by atoms with van der Waals surface area (Å²) in [6.07, 6.45) is 3.27. The number of halogens is 2. The predicted molar refractivity (Wildman–Crippen MR) is 67.0 cm³/mol. The van der Waals surface area contributed by atoms with Crippen LogP contribution in [0.2, 0.25) is 10.0 Å². The fraction of sp³-hybridized carbons (Fsp3) is 0.0833. The zero-order valence-corrected chi connectivity index (χ0v) is 10.2. The van der Waals surface area contributed by atoms with E-state index in [-0.39, 0.29) is 5.56 Å². The molecule has 0 amide bonds. The molecule has 0 saturated heterocycles. The van der Waals surface area contributed by atoms with Gasteiger partial charge in [-0.25, -0.2) is 4.79 Å². The first-order chi connectivity index (χ1) is 8.04. The van der Waals surface area contributed by atoms with Crippen molar-refractivity contribution < 1.29 is 9.90 Å². The Balaban J connectivity index is 2.22. The smallest absolute Gasteiger partial charge is 0.337 e. The summed E-state index contributed by atoms with van der Waals surface area (Å²) in [4.78, 5) is 10.7. The van der Waals surface area contributed by atoms with Crippen molar-refractivity contribution in [1.29, 1.82) is 0 Å². The molecular weight excluding hydrogens is 261 g/mol. The number of nitrogens with zero attached hydrogens (tertiary/aromatic N) is 1. The van der Waals surface area contributed by atoms with Crippen LogP contribution < -0.4 is 0 Å². The number of hydrogen-bond acceptors (Lipinski definition) is 1. The standard InChI is InChI=1S/C12H9Cl2NO2/c13-10-3-8(4-11(14)5-10)6-15-2-1-9(7-15)12(16)17/h1-5,7H,6H2,(H,16,17). The molecule has 0 spiro atoms. The van der Waals surface area contributed by atoms with Gasteiger partial charge in [0.1, 0.15) is 0 Å². The fourth-order valence-corrected chi connectivity index (χ4v) is 2.15. The van der Waals surface area contributed by atoms with Crippen molar-refractivity contribution >= 4 is 29.2 Å². The number of carbonyl (C=O) groups is 1. The molecule has 1 N–H and O–H groups in total.